The maximum Gasteiger partial charge on any atom is 0.407 e. The van der Waals surface area contributed by atoms with Crippen LogP contribution in [0, 0.1) is 0 Å². The zero-order valence-corrected chi connectivity index (χ0v) is 13.5. The van der Waals surface area contributed by atoms with Crippen LogP contribution in [-0.2, 0) is 24.8 Å². The van der Waals surface area contributed by atoms with Crippen LogP contribution in [0.4, 0.5) is 4.79 Å². The number of nitrogens with zero attached hydrogens (tertiary/aromatic N) is 4. The molecule has 2 heterocycles. The first-order chi connectivity index (χ1) is 10.3. The summed E-state index contributed by atoms with van der Waals surface area (Å²) < 4.78 is 9.00. The van der Waals surface area contributed by atoms with Gasteiger partial charge in [-0.15, -0.1) is 0 Å². The zero-order valence-electron chi connectivity index (χ0n) is 13.5. The Morgan fingerprint density at radius 1 is 1.41 bits per heavy atom. The number of amides is 1. The summed E-state index contributed by atoms with van der Waals surface area (Å²) in [6.45, 7) is 6.70. The lowest BCUT2D eigenvalue weighted by atomic mass is 10.2. The van der Waals surface area contributed by atoms with Crippen molar-refractivity contribution < 1.29 is 9.53 Å². The van der Waals surface area contributed by atoms with Crippen LogP contribution in [0.25, 0.3) is 0 Å². The van der Waals surface area contributed by atoms with Crippen LogP contribution in [0.2, 0.25) is 0 Å². The molecule has 7 heteroatoms. The van der Waals surface area contributed by atoms with Gasteiger partial charge in [0.1, 0.15) is 5.60 Å². The van der Waals surface area contributed by atoms with Crippen LogP contribution in [0.5, 0.6) is 0 Å². The Bertz CT molecular complexity index is 624. The number of carbonyl (C=O) groups is 1. The molecule has 0 atom stereocenters. The second kappa shape index (κ2) is 6.64. The Morgan fingerprint density at radius 2 is 2.18 bits per heavy atom. The van der Waals surface area contributed by atoms with E-state index in [0.717, 1.165) is 11.4 Å². The van der Waals surface area contributed by atoms with Gasteiger partial charge in [-0.3, -0.25) is 4.68 Å². The molecule has 0 spiro atoms. The summed E-state index contributed by atoms with van der Waals surface area (Å²) in [5.41, 5.74) is 1.54. The van der Waals surface area contributed by atoms with E-state index in [1.54, 1.807) is 17.2 Å². The van der Waals surface area contributed by atoms with Gasteiger partial charge in [-0.25, -0.2) is 9.78 Å². The molecule has 0 aliphatic heterocycles. The summed E-state index contributed by atoms with van der Waals surface area (Å²) in [4.78, 5) is 15.8. The third-order valence-electron chi connectivity index (χ3n) is 2.95. The topological polar surface area (TPSA) is 74.0 Å². The molecule has 2 rings (SSSR count). The number of rotatable bonds is 5. The van der Waals surface area contributed by atoms with Gasteiger partial charge in [0.2, 0.25) is 0 Å². The Morgan fingerprint density at radius 3 is 2.82 bits per heavy atom. The molecule has 1 amide bonds. The van der Waals surface area contributed by atoms with Crippen LogP contribution < -0.4 is 5.32 Å². The second-order valence-electron chi connectivity index (χ2n) is 6.17. The number of aryl methyl sites for hydroxylation is 1. The lowest BCUT2D eigenvalue weighted by molar-refractivity contribution is 0.0528. The molecule has 2 aromatic heterocycles. The normalized spacial score (nSPS) is 11.5. The highest BCUT2D eigenvalue weighted by Gasteiger charge is 2.15. The van der Waals surface area contributed by atoms with Gasteiger partial charge in [-0.05, 0) is 26.8 Å². The maximum absolute atomic E-state index is 11.6. The van der Waals surface area contributed by atoms with Gasteiger partial charge >= 0.3 is 6.09 Å². The molecular formula is C15H23N5O2. The lowest BCUT2D eigenvalue weighted by Crippen LogP contribution is -2.33. The molecule has 22 heavy (non-hydrogen) atoms. The molecule has 7 nitrogen and oxygen atoms in total. The molecule has 0 unspecified atom stereocenters. The van der Waals surface area contributed by atoms with Gasteiger partial charge in [-0.2, -0.15) is 5.10 Å². The average Bonchev–Trinajstić information content (AvgIpc) is 2.98. The van der Waals surface area contributed by atoms with Crippen LogP contribution in [0.1, 0.15) is 32.2 Å². The van der Waals surface area contributed by atoms with Crippen LogP contribution in [0.15, 0.2) is 24.8 Å². The maximum atomic E-state index is 11.6. The molecular weight excluding hydrogens is 282 g/mol. The van der Waals surface area contributed by atoms with E-state index in [1.807, 2.05) is 44.6 Å². The fourth-order valence-corrected chi connectivity index (χ4v) is 2.03. The highest BCUT2D eigenvalue weighted by atomic mass is 16.6. The van der Waals surface area contributed by atoms with Crippen molar-refractivity contribution in [2.75, 3.05) is 6.54 Å². The van der Waals surface area contributed by atoms with Gasteiger partial charge in [0.15, 0.2) is 0 Å². The smallest absolute Gasteiger partial charge is 0.407 e. The number of alkyl carbamates (subject to hydrolysis) is 1. The molecule has 1 N–H and O–H groups in total. The third kappa shape index (κ3) is 4.91. The van der Waals surface area contributed by atoms with E-state index in [4.69, 9.17) is 4.74 Å². The molecule has 0 saturated heterocycles. The van der Waals surface area contributed by atoms with E-state index >= 15 is 0 Å². The van der Waals surface area contributed by atoms with Crippen LogP contribution in [-0.4, -0.2) is 37.6 Å². The molecule has 0 fully saturated rings. The van der Waals surface area contributed by atoms with Crippen molar-refractivity contribution in [3.05, 3.63) is 36.2 Å². The first-order valence-corrected chi connectivity index (χ1v) is 7.28. The van der Waals surface area contributed by atoms with Crippen LogP contribution >= 0.6 is 0 Å². The van der Waals surface area contributed by atoms with E-state index in [0.29, 0.717) is 19.5 Å². The van der Waals surface area contributed by atoms with E-state index in [1.165, 1.54) is 0 Å². The van der Waals surface area contributed by atoms with Crippen LogP contribution in [0.3, 0.4) is 0 Å². The minimum atomic E-state index is -0.481. The monoisotopic (exact) mass is 305 g/mol. The van der Waals surface area contributed by atoms with Crippen molar-refractivity contribution in [2.24, 2.45) is 7.05 Å². The van der Waals surface area contributed by atoms with Crippen molar-refractivity contribution in [3.8, 4) is 0 Å². The molecule has 0 radical (unpaired) electrons. The number of hydrogen-bond acceptors (Lipinski definition) is 4. The van der Waals surface area contributed by atoms with Gasteiger partial charge in [-0.1, -0.05) is 0 Å². The number of carbonyl (C=O) groups excluding carboxylic acids is 1. The Labute approximate surface area is 130 Å². The van der Waals surface area contributed by atoms with Gasteiger partial charge in [0.25, 0.3) is 0 Å². The van der Waals surface area contributed by atoms with Crippen molar-refractivity contribution in [1.29, 1.82) is 0 Å². The van der Waals surface area contributed by atoms with Crippen molar-refractivity contribution in [1.82, 2.24) is 24.6 Å². The highest BCUT2D eigenvalue weighted by Crippen LogP contribution is 2.07. The Balaban J connectivity index is 1.84. The highest BCUT2D eigenvalue weighted by molar-refractivity contribution is 5.67. The fraction of sp³-hybridized carbons (Fsp3) is 0.533. The van der Waals surface area contributed by atoms with Crippen molar-refractivity contribution in [2.45, 2.75) is 39.3 Å². The number of ether oxygens (including phenoxy) is 1. The minimum absolute atomic E-state index is 0.400. The summed E-state index contributed by atoms with van der Waals surface area (Å²) in [6, 6.07) is 1.97. The molecule has 0 aliphatic carbocycles. The summed E-state index contributed by atoms with van der Waals surface area (Å²) >= 11 is 0. The number of nitrogens with one attached hydrogen (secondary N) is 1. The quantitative estimate of drug-likeness (QED) is 0.913. The fourth-order valence-electron chi connectivity index (χ4n) is 2.03. The summed E-state index contributed by atoms with van der Waals surface area (Å²) in [5, 5.41) is 7.10. The molecule has 0 aromatic carbocycles. The second-order valence-corrected chi connectivity index (χ2v) is 6.17. The van der Waals surface area contributed by atoms with Gasteiger partial charge in [0.05, 0.1) is 18.6 Å². The Kier molecular flexibility index (Phi) is 4.85. The molecule has 0 bridgehead atoms. The van der Waals surface area contributed by atoms with Gasteiger partial charge < -0.3 is 14.6 Å². The third-order valence-corrected chi connectivity index (χ3v) is 2.95. The lowest BCUT2D eigenvalue weighted by Gasteiger charge is -2.19. The largest absolute Gasteiger partial charge is 0.444 e. The average molecular weight is 305 g/mol. The molecule has 120 valence electrons. The van der Waals surface area contributed by atoms with Gasteiger partial charge in [0, 0.05) is 38.1 Å². The van der Waals surface area contributed by atoms with E-state index < -0.39 is 11.7 Å². The van der Waals surface area contributed by atoms with E-state index in [2.05, 4.69) is 15.4 Å². The number of aromatic nitrogens is 4. The predicted octanol–water partition coefficient (Wildman–Crippen LogP) is 1.73. The summed E-state index contributed by atoms with van der Waals surface area (Å²) in [5.74, 6) is 0. The molecule has 0 saturated carbocycles. The van der Waals surface area contributed by atoms with E-state index in [9.17, 15) is 4.79 Å². The zero-order chi connectivity index (χ0) is 16.2. The van der Waals surface area contributed by atoms with Crippen molar-refractivity contribution >= 4 is 6.09 Å². The number of imidazole rings is 1. The first kappa shape index (κ1) is 16.1. The minimum Gasteiger partial charge on any atom is -0.444 e. The molecule has 2 aromatic rings. The summed E-state index contributed by atoms with van der Waals surface area (Å²) in [6.07, 6.45) is 5.78. The predicted molar refractivity (Wildman–Crippen MR) is 82.5 cm³/mol. The SMILES string of the molecule is Cn1ccc(Cn2cncc2CCNC(=O)OC(C)(C)C)n1. The Hall–Kier alpha value is -2.31. The van der Waals surface area contributed by atoms with Crippen molar-refractivity contribution in [3.63, 3.8) is 0 Å². The van der Waals surface area contributed by atoms with E-state index in [-0.39, 0.29) is 0 Å². The first-order valence-electron chi connectivity index (χ1n) is 7.28. The summed E-state index contributed by atoms with van der Waals surface area (Å²) in [7, 11) is 1.89. The molecule has 0 aliphatic rings. The standard InChI is InChI=1S/C15H23N5O2/c1-15(2,3)22-14(21)17-7-5-13-9-16-11-20(13)10-12-6-8-19(4)18-12/h6,8-9,11H,5,7,10H2,1-4H3,(H,17,21). The number of hydrogen-bond donors (Lipinski definition) is 1.